The van der Waals surface area contributed by atoms with Crippen molar-refractivity contribution in [1.82, 2.24) is 4.90 Å². The molecule has 13 heteroatoms. The largest absolute Gasteiger partial charge is 0.490 e. The van der Waals surface area contributed by atoms with Crippen molar-refractivity contribution in [1.29, 1.82) is 10.8 Å². The van der Waals surface area contributed by atoms with E-state index in [4.69, 9.17) is 26.4 Å². The first-order chi connectivity index (χ1) is 17.4. The van der Waals surface area contributed by atoms with Crippen LogP contribution in [-0.2, 0) is 14.8 Å². The molecule has 5 N–H and O–H groups in total. The summed E-state index contributed by atoms with van der Waals surface area (Å²) >= 11 is 0. The Morgan fingerprint density at radius 3 is 2.39 bits per heavy atom. The van der Waals surface area contributed by atoms with Gasteiger partial charge in [0.15, 0.2) is 5.75 Å². The number of nitrogens with zero attached hydrogens (tertiary/aromatic N) is 2. The van der Waals surface area contributed by atoms with E-state index in [0.29, 0.717) is 40.1 Å². The number of anilines is 1. The molecule has 0 aliphatic carbocycles. The van der Waals surface area contributed by atoms with Crippen LogP contribution in [0.5, 0.6) is 5.75 Å². The highest BCUT2D eigenvalue weighted by Gasteiger charge is 2.27. The molecule has 0 radical (unpaired) electrons. The Morgan fingerprint density at radius 2 is 1.84 bits per heavy atom. The summed E-state index contributed by atoms with van der Waals surface area (Å²) in [5.41, 5.74) is 6.30. The van der Waals surface area contributed by atoms with Crippen molar-refractivity contribution < 1.29 is 27.4 Å². The van der Waals surface area contributed by atoms with E-state index in [2.05, 4.69) is 0 Å². The zero-order valence-electron chi connectivity index (χ0n) is 20.8. The fraction of sp³-hybridized carbons (Fsp3) is 0.320. The number of amidine groups is 2. The first-order valence-corrected chi connectivity index (χ1v) is 13.1. The predicted octanol–water partition coefficient (Wildman–Crippen LogP) is 3.46. The van der Waals surface area contributed by atoms with Gasteiger partial charge in [0.2, 0.25) is 10.0 Å². The van der Waals surface area contributed by atoms with E-state index in [1.165, 1.54) is 18.2 Å². The first kappa shape index (κ1) is 30.6. The molecule has 0 bridgehead atoms. The van der Waals surface area contributed by atoms with Crippen LogP contribution in [0.25, 0.3) is 6.08 Å². The van der Waals surface area contributed by atoms with E-state index >= 15 is 0 Å². The van der Waals surface area contributed by atoms with Crippen LogP contribution >= 0.6 is 12.4 Å². The lowest BCUT2D eigenvalue weighted by Crippen LogP contribution is -2.40. The minimum atomic E-state index is -4.41. The average Bonchev–Trinajstić information content (AvgIpc) is 2.83. The minimum absolute atomic E-state index is 0. The first-order valence-electron chi connectivity index (χ1n) is 11.5. The number of halogens is 2. The number of carbonyl (C=O) groups is 1. The fourth-order valence-electron chi connectivity index (χ4n) is 3.94. The lowest BCUT2D eigenvalue weighted by Gasteiger charge is -2.32. The lowest BCUT2D eigenvalue weighted by atomic mass is 10.1. The molecule has 10 nitrogen and oxygen atoms in total. The molecule has 38 heavy (non-hydrogen) atoms. The molecule has 206 valence electrons. The Bertz CT molecular complexity index is 1300. The zero-order valence-corrected chi connectivity index (χ0v) is 22.4. The third-order valence-corrected chi connectivity index (χ3v) is 7.42. The Hall–Kier alpha value is -3.64. The van der Waals surface area contributed by atoms with Gasteiger partial charge in [-0.3, -0.25) is 19.9 Å². The number of benzene rings is 2. The molecule has 1 saturated heterocycles. The Labute approximate surface area is 227 Å². The van der Waals surface area contributed by atoms with E-state index in [9.17, 15) is 17.6 Å². The lowest BCUT2D eigenvalue weighted by molar-refractivity contribution is -0.134. The van der Waals surface area contributed by atoms with Gasteiger partial charge in [0.05, 0.1) is 18.1 Å². The van der Waals surface area contributed by atoms with Gasteiger partial charge in [-0.15, -0.1) is 12.4 Å². The molecule has 0 spiro atoms. The number of carboxylic acids is 1. The standard InChI is InChI=1S/C25H30FN5O5S.ClH/c1-17(27)30-11-9-23(10-12-30)36-22-7-5-21(6-8-22)31(37(34,35)16-24(32)33)15-20(26)14-18-3-2-4-19(13-18)25(28)29;/h2-8,13-14,23,27H,9-12,15-16H2,1H3,(H3,28,29)(H,32,33);1H/b20-14-,27-17?;. The summed E-state index contributed by atoms with van der Waals surface area (Å²) in [6.45, 7) is 2.44. The van der Waals surface area contributed by atoms with Crippen molar-refractivity contribution in [2.75, 3.05) is 29.7 Å². The van der Waals surface area contributed by atoms with Crippen LogP contribution < -0.4 is 14.8 Å². The quantitative estimate of drug-likeness (QED) is 0.252. The van der Waals surface area contributed by atoms with Crippen LogP contribution in [0.4, 0.5) is 10.1 Å². The summed E-state index contributed by atoms with van der Waals surface area (Å²) < 4.78 is 47.3. The monoisotopic (exact) mass is 567 g/mol. The maximum Gasteiger partial charge on any atom is 0.320 e. The van der Waals surface area contributed by atoms with Gasteiger partial charge in [-0.2, -0.15) is 0 Å². The van der Waals surface area contributed by atoms with Crippen molar-refractivity contribution >= 4 is 51.8 Å². The third kappa shape index (κ3) is 8.45. The number of aliphatic carboxylic acids is 1. The highest BCUT2D eigenvalue weighted by atomic mass is 35.5. The Balaban J connectivity index is 0.00000507. The van der Waals surface area contributed by atoms with Crippen LogP contribution in [0.3, 0.4) is 0 Å². The normalized spacial score (nSPS) is 14.4. The summed E-state index contributed by atoms with van der Waals surface area (Å²) in [5.74, 6) is -2.78. The molecule has 1 fully saturated rings. The molecular formula is C25H31ClFN5O5S. The van der Waals surface area contributed by atoms with Crippen molar-refractivity contribution in [3.63, 3.8) is 0 Å². The number of piperidine rings is 1. The van der Waals surface area contributed by atoms with Crippen LogP contribution in [0.2, 0.25) is 0 Å². The van der Waals surface area contributed by atoms with E-state index in [0.717, 1.165) is 18.9 Å². The predicted molar refractivity (Wildman–Crippen MR) is 148 cm³/mol. The zero-order chi connectivity index (χ0) is 27.2. The molecular weight excluding hydrogens is 537 g/mol. The molecule has 0 amide bonds. The molecule has 0 unspecified atom stereocenters. The number of hydrogen-bond donors (Lipinski definition) is 4. The molecule has 3 rings (SSSR count). The number of likely N-dealkylation sites (tertiary alicyclic amines) is 1. The van der Waals surface area contributed by atoms with Gasteiger partial charge < -0.3 is 20.5 Å². The summed E-state index contributed by atoms with van der Waals surface area (Å²) in [6, 6.07) is 12.2. The molecule has 1 aliphatic rings. The summed E-state index contributed by atoms with van der Waals surface area (Å²) in [4.78, 5) is 13.2. The van der Waals surface area contributed by atoms with Crippen LogP contribution in [-0.4, -0.2) is 67.6 Å². The molecule has 1 aliphatic heterocycles. The van der Waals surface area contributed by atoms with Crippen molar-refractivity contribution in [3.05, 3.63) is 65.5 Å². The van der Waals surface area contributed by atoms with Gasteiger partial charge in [-0.1, -0.05) is 18.2 Å². The molecule has 2 aromatic carbocycles. The molecule has 0 aromatic heterocycles. The number of ether oxygens (including phenoxy) is 1. The van der Waals surface area contributed by atoms with Gasteiger partial charge in [0.1, 0.15) is 23.5 Å². The van der Waals surface area contributed by atoms with Gasteiger partial charge in [-0.05, 0) is 48.9 Å². The van der Waals surface area contributed by atoms with Gasteiger partial charge in [-0.25, -0.2) is 12.8 Å². The van der Waals surface area contributed by atoms with Gasteiger partial charge in [0, 0.05) is 31.5 Å². The number of nitrogen functional groups attached to an aromatic ring is 1. The second kappa shape index (κ2) is 13.2. The molecule has 0 saturated carbocycles. The highest BCUT2D eigenvalue weighted by molar-refractivity contribution is 7.93. The van der Waals surface area contributed by atoms with Crippen LogP contribution in [0.15, 0.2) is 54.4 Å². The SMILES string of the molecule is CC(=N)N1CCC(Oc2ccc(N(C/C(F)=C/c3cccc(C(=N)N)c3)S(=O)(=O)CC(=O)O)cc2)CC1.Cl. The maximum absolute atomic E-state index is 15.0. The molecule has 1 heterocycles. The summed E-state index contributed by atoms with van der Waals surface area (Å²) in [6.07, 6.45) is 2.52. The highest BCUT2D eigenvalue weighted by Crippen LogP contribution is 2.26. The number of sulfonamides is 1. The Kier molecular flexibility index (Phi) is 10.7. The number of carboxylic acid groups (broad SMARTS) is 1. The van der Waals surface area contributed by atoms with Gasteiger partial charge >= 0.3 is 5.97 Å². The Morgan fingerprint density at radius 1 is 1.21 bits per heavy atom. The van der Waals surface area contributed by atoms with Crippen molar-refractivity contribution in [2.24, 2.45) is 5.73 Å². The number of nitrogens with two attached hydrogens (primary N) is 1. The van der Waals surface area contributed by atoms with Gasteiger partial charge in [0.25, 0.3) is 0 Å². The van der Waals surface area contributed by atoms with Crippen molar-refractivity contribution in [3.8, 4) is 5.75 Å². The van der Waals surface area contributed by atoms with Crippen molar-refractivity contribution in [2.45, 2.75) is 25.9 Å². The second-order valence-electron chi connectivity index (χ2n) is 8.67. The molecule has 2 aromatic rings. The second-order valence-corrected chi connectivity index (χ2v) is 10.6. The minimum Gasteiger partial charge on any atom is -0.490 e. The summed E-state index contributed by atoms with van der Waals surface area (Å²) in [7, 11) is -4.41. The number of nitrogens with one attached hydrogen (secondary N) is 2. The van der Waals surface area contributed by atoms with E-state index in [1.807, 2.05) is 4.90 Å². The summed E-state index contributed by atoms with van der Waals surface area (Å²) in [5, 5.41) is 24.3. The number of rotatable bonds is 10. The number of hydrogen-bond acceptors (Lipinski definition) is 6. The van der Waals surface area contributed by atoms with Crippen LogP contribution in [0, 0.1) is 10.8 Å². The maximum atomic E-state index is 15.0. The average molecular weight is 568 g/mol. The van der Waals surface area contributed by atoms with E-state index in [-0.39, 0.29) is 30.0 Å². The third-order valence-electron chi connectivity index (χ3n) is 5.80. The smallest absolute Gasteiger partial charge is 0.320 e. The van der Waals surface area contributed by atoms with E-state index in [1.54, 1.807) is 37.3 Å². The topological polar surface area (TPSA) is 161 Å². The molecule has 0 atom stereocenters. The van der Waals surface area contributed by atoms with E-state index < -0.39 is 34.1 Å². The fourth-order valence-corrected chi connectivity index (χ4v) is 5.17. The van der Waals surface area contributed by atoms with Crippen LogP contribution in [0.1, 0.15) is 30.9 Å².